The van der Waals surface area contributed by atoms with Crippen LogP contribution in [0.15, 0.2) is 36.7 Å². The number of pyridine rings is 1. The molecule has 1 fully saturated rings. The molecule has 0 bridgehead atoms. The number of hydrogen-bond acceptors (Lipinski definition) is 5. The predicted octanol–water partition coefficient (Wildman–Crippen LogP) is 3.85. The van der Waals surface area contributed by atoms with Gasteiger partial charge in [0.2, 0.25) is 0 Å². The molecule has 0 radical (unpaired) electrons. The van der Waals surface area contributed by atoms with Gasteiger partial charge in [-0.15, -0.1) is 0 Å². The number of imidazole rings is 1. The lowest BCUT2D eigenvalue weighted by molar-refractivity contribution is -0.0502. The van der Waals surface area contributed by atoms with Crippen molar-refractivity contribution in [3.8, 4) is 28.5 Å². The molecule has 0 aliphatic heterocycles. The van der Waals surface area contributed by atoms with Crippen LogP contribution in [0.1, 0.15) is 23.2 Å². The fourth-order valence-corrected chi connectivity index (χ4v) is 3.22. The van der Waals surface area contributed by atoms with E-state index >= 15 is 0 Å². The first-order valence-electron chi connectivity index (χ1n) is 9.64. The minimum absolute atomic E-state index is 0.0314. The Morgan fingerprint density at radius 1 is 1.29 bits per heavy atom. The van der Waals surface area contributed by atoms with Crippen molar-refractivity contribution in [2.45, 2.75) is 25.5 Å². The number of carbonyl (C=O) groups excluding carboxylic acids is 1. The molecule has 31 heavy (non-hydrogen) atoms. The summed E-state index contributed by atoms with van der Waals surface area (Å²) in [5.74, 6) is -0.271. The van der Waals surface area contributed by atoms with Crippen LogP contribution in [0.5, 0.6) is 17.2 Å². The summed E-state index contributed by atoms with van der Waals surface area (Å²) in [6.07, 6.45) is 4.89. The highest BCUT2D eigenvalue weighted by Gasteiger charge is 2.29. The number of nitrogens with zero attached hydrogens (tertiary/aromatic N) is 2. The van der Waals surface area contributed by atoms with E-state index in [1.54, 1.807) is 35.0 Å². The normalized spacial score (nSPS) is 13.5. The van der Waals surface area contributed by atoms with Crippen molar-refractivity contribution in [2.75, 3.05) is 20.4 Å². The number of benzene rings is 1. The zero-order chi connectivity index (χ0) is 22.0. The van der Waals surface area contributed by atoms with Crippen LogP contribution in [0.4, 0.5) is 13.2 Å². The first kappa shape index (κ1) is 20.8. The SMILES string of the molecule is COc1cc(-c2cnc3cc(OCCF)ccn23)cc(OC(F)F)c1C(=O)NC1CC1. The molecular weight excluding hydrogens is 415 g/mol. The number of rotatable bonds is 9. The van der Waals surface area contributed by atoms with Crippen LogP contribution in [0.25, 0.3) is 16.9 Å². The van der Waals surface area contributed by atoms with Gasteiger partial charge in [-0.3, -0.25) is 9.20 Å². The molecule has 10 heteroatoms. The van der Waals surface area contributed by atoms with E-state index in [0.717, 1.165) is 12.8 Å². The van der Waals surface area contributed by atoms with Gasteiger partial charge in [0.05, 0.1) is 19.0 Å². The highest BCUT2D eigenvalue weighted by atomic mass is 19.3. The lowest BCUT2D eigenvalue weighted by Gasteiger charge is -2.16. The first-order valence-corrected chi connectivity index (χ1v) is 9.64. The zero-order valence-electron chi connectivity index (χ0n) is 16.6. The van der Waals surface area contributed by atoms with Crippen LogP contribution in [0, 0.1) is 0 Å². The first-order chi connectivity index (χ1) is 15.0. The minimum Gasteiger partial charge on any atom is -0.496 e. The molecule has 0 atom stereocenters. The molecule has 2 aromatic heterocycles. The second-order valence-electron chi connectivity index (χ2n) is 6.95. The number of carbonyl (C=O) groups is 1. The Morgan fingerprint density at radius 3 is 2.74 bits per heavy atom. The standard InChI is InChI=1S/C21H20F3N3O4/c1-29-16-8-12(9-17(31-21(23)24)19(16)20(28)26-13-2-3-13)15-11-25-18-10-14(30-7-5-22)4-6-27(15)18/h4,6,8-11,13,21H,2-3,5,7H2,1H3,(H,26,28). The molecule has 1 aromatic carbocycles. The molecule has 164 valence electrons. The van der Waals surface area contributed by atoms with Crippen molar-refractivity contribution in [3.05, 3.63) is 42.2 Å². The fourth-order valence-electron chi connectivity index (χ4n) is 3.22. The van der Waals surface area contributed by atoms with E-state index in [-0.39, 0.29) is 29.7 Å². The van der Waals surface area contributed by atoms with Gasteiger partial charge in [-0.1, -0.05) is 0 Å². The number of hydrogen-bond donors (Lipinski definition) is 1. The van der Waals surface area contributed by atoms with Gasteiger partial charge in [0.1, 0.15) is 41.7 Å². The van der Waals surface area contributed by atoms with Gasteiger partial charge in [-0.05, 0) is 31.0 Å². The molecule has 1 saturated carbocycles. The third-order valence-corrected chi connectivity index (χ3v) is 4.77. The van der Waals surface area contributed by atoms with E-state index in [4.69, 9.17) is 9.47 Å². The molecule has 2 heterocycles. The van der Waals surface area contributed by atoms with Crippen molar-refractivity contribution in [1.29, 1.82) is 0 Å². The Labute approximate surface area is 175 Å². The third-order valence-electron chi connectivity index (χ3n) is 4.77. The van der Waals surface area contributed by atoms with Crippen molar-refractivity contribution in [3.63, 3.8) is 0 Å². The summed E-state index contributed by atoms with van der Waals surface area (Å²) in [6.45, 7) is -3.80. The quantitative estimate of drug-likeness (QED) is 0.553. The monoisotopic (exact) mass is 435 g/mol. The lowest BCUT2D eigenvalue weighted by Crippen LogP contribution is -2.26. The summed E-state index contributed by atoms with van der Waals surface area (Å²) < 4.78 is 55.5. The van der Waals surface area contributed by atoms with E-state index in [0.29, 0.717) is 22.7 Å². The van der Waals surface area contributed by atoms with Gasteiger partial charge in [0.25, 0.3) is 5.91 Å². The fraction of sp³-hybridized carbons (Fsp3) is 0.333. The van der Waals surface area contributed by atoms with Crippen LogP contribution in [-0.2, 0) is 0 Å². The van der Waals surface area contributed by atoms with Crippen LogP contribution in [0.2, 0.25) is 0 Å². The molecule has 1 amide bonds. The number of alkyl halides is 3. The molecule has 1 N–H and O–H groups in total. The highest BCUT2D eigenvalue weighted by molar-refractivity contribution is 6.01. The lowest BCUT2D eigenvalue weighted by atomic mass is 10.1. The molecule has 4 rings (SSSR count). The second kappa shape index (κ2) is 8.75. The number of ether oxygens (including phenoxy) is 3. The highest BCUT2D eigenvalue weighted by Crippen LogP contribution is 2.37. The molecule has 0 saturated heterocycles. The number of methoxy groups -OCH3 is 1. The number of amides is 1. The van der Waals surface area contributed by atoms with Crippen LogP contribution >= 0.6 is 0 Å². The molecule has 1 aliphatic carbocycles. The Kier molecular flexibility index (Phi) is 5.88. The van der Waals surface area contributed by atoms with Gasteiger partial charge in [0.15, 0.2) is 0 Å². The van der Waals surface area contributed by atoms with Gasteiger partial charge in [0, 0.05) is 23.9 Å². The van der Waals surface area contributed by atoms with Crippen LogP contribution < -0.4 is 19.5 Å². The number of fused-ring (bicyclic) bond motifs is 1. The van der Waals surface area contributed by atoms with Gasteiger partial charge in [-0.25, -0.2) is 9.37 Å². The van der Waals surface area contributed by atoms with Crippen LogP contribution in [0.3, 0.4) is 0 Å². The van der Waals surface area contributed by atoms with E-state index in [2.05, 4.69) is 15.0 Å². The minimum atomic E-state index is -3.12. The maximum Gasteiger partial charge on any atom is 0.387 e. The largest absolute Gasteiger partial charge is 0.496 e. The molecular formula is C21H20F3N3O4. The summed E-state index contributed by atoms with van der Waals surface area (Å²) in [4.78, 5) is 16.9. The Morgan fingerprint density at radius 2 is 2.06 bits per heavy atom. The van der Waals surface area contributed by atoms with Crippen molar-refractivity contribution in [2.24, 2.45) is 0 Å². The van der Waals surface area contributed by atoms with E-state index < -0.39 is 19.2 Å². The van der Waals surface area contributed by atoms with E-state index in [1.165, 1.54) is 13.2 Å². The van der Waals surface area contributed by atoms with Gasteiger partial charge in [-0.2, -0.15) is 8.78 Å². The smallest absolute Gasteiger partial charge is 0.387 e. The predicted molar refractivity (Wildman–Crippen MR) is 106 cm³/mol. The Hall–Kier alpha value is -3.43. The summed E-state index contributed by atoms with van der Waals surface area (Å²) in [5.41, 5.74) is 1.44. The topological polar surface area (TPSA) is 74.1 Å². The molecule has 0 spiro atoms. The number of halogens is 3. The summed E-state index contributed by atoms with van der Waals surface area (Å²) >= 11 is 0. The third kappa shape index (κ3) is 4.52. The molecule has 0 unspecified atom stereocenters. The average molecular weight is 435 g/mol. The Bertz CT molecular complexity index is 1100. The Balaban J connectivity index is 1.76. The van der Waals surface area contributed by atoms with Crippen molar-refractivity contribution < 1.29 is 32.2 Å². The van der Waals surface area contributed by atoms with Gasteiger partial charge < -0.3 is 19.5 Å². The summed E-state index contributed by atoms with van der Waals surface area (Å²) in [5, 5.41) is 2.76. The molecule has 7 nitrogen and oxygen atoms in total. The van der Waals surface area contributed by atoms with E-state index in [1.807, 2.05) is 0 Å². The van der Waals surface area contributed by atoms with Crippen LogP contribution in [-0.4, -0.2) is 48.3 Å². The number of nitrogens with one attached hydrogen (secondary N) is 1. The van der Waals surface area contributed by atoms with Crippen molar-refractivity contribution >= 4 is 11.6 Å². The maximum atomic E-state index is 13.1. The second-order valence-corrected chi connectivity index (χ2v) is 6.95. The molecule has 3 aromatic rings. The number of aromatic nitrogens is 2. The van der Waals surface area contributed by atoms with Crippen molar-refractivity contribution in [1.82, 2.24) is 14.7 Å². The zero-order valence-corrected chi connectivity index (χ0v) is 16.6. The average Bonchev–Trinajstić information content (AvgIpc) is 3.46. The summed E-state index contributed by atoms with van der Waals surface area (Å²) in [7, 11) is 1.35. The molecule has 1 aliphatic rings. The summed E-state index contributed by atoms with van der Waals surface area (Å²) in [6, 6.07) is 6.22. The van der Waals surface area contributed by atoms with E-state index in [9.17, 15) is 18.0 Å². The van der Waals surface area contributed by atoms with Gasteiger partial charge >= 0.3 is 6.61 Å². The maximum absolute atomic E-state index is 13.1.